The fourth-order valence-electron chi connectivity index (χ4n) is 2.83. The smallest absolute Gasteiger partial charge is 0.252 e. The molecule has 26 heavy (non-hydrogen) atoms. The molecule has 0 saturated carbocycles. The summed E-state index contributed by atoms with van der Waals surface area (Å²) in [5.74, 6) is -0.111. The summed E-state index contributed by atoms with van der Waals surface area (Å²) in [6.45, 7) is 0.514. The third-order valence-corrected chi connectivity index (χ3v) is 5.20. The Hall–Kier alpha value is -2.69. The molecule has 0 saturated heterocycles. The average Bonchev–Trinajstić information content (AvgIpc) is 3.19. The van der Waals surface area contributed by atoms with E-state index in [1.54, 1.807) is 11.3 Å². The van der Waals surface area contributed by atoms with Gasteiger partial charge in [0.1, 0.15) is 0 Å². The first-order valence-electron chi connectivity index (χ1n) is 8.17. The van der Waals surface area contributed by atoms with E-state index in [9.17, 15) is 4.79 Å². The quantitative estimate of drug-likeness (QED) is 0.506. The van der Waals surface area contributed by atoms with Crippen molar-refractivity contribution >= 4 is 39.7 Å². The Balaban J connectivity index is 1.75. The van der Waals surface area contributed by atoms with Gasteiger partial charge in [0.15, 0.2) is 0 Å². The summed E-state index contributed by atoms with van der Waals surface area (Å²) in [7, 11) is 0. The predicted molar refractivity (Wildman–Crippen MR) is 108 cm³/mol. The number of nitrogens with one attached hydrogen (secondary N) is 1. The van der Waals surface area contributed by atoms with Crippen molar-refractivity contribution in [2.45, 2.75) is 6.54 Å². The molecule has 2 heterocycles. The maximum absolute atomic E-state index is 12.8. The first-order chi connectivity index (χ1) is 12.7. The second-order valence-electron chi connectivity index (χ2n) is 5.84. The van der Waals surface area contributed by atoms with Crippen LogP contribution in [-0.4, -0.2) is 10.9 Å². The number of rotatable bonds is 4. The van der Waals surface area contributed by atoms with Crippen LogP contribution in [0.3, 0.4) is 0 Å². The summed E-state index contributed by atoms with van der Waals surface area (Å²) in [6, 6.07) is 21.0. The van der Waals surface area contributed by atoms with Gasteiger partial charge in [0, 0.05) is 20.8 Å². The molecule has 0 atom stereocenters. The third kappa shape index (κ3) is 3.47. The topological polar surface area (TPSA) is 42.0 Å². The number of benzene rings is 2. The highest BCUT2D eigenvalue weighted by molar-refractivity contribution is 7.09. The molecular formula is C21H15ClN2OS. The highest BCUT2D eigenvalue weighted by Gasteiger charge is 2.14. The van der Waals surface area contributed by atoms with Crippen LogP contribution in [0.1, 0.15) is 15.2 Å². The van der Waals surface area contributed by atoms with Gasteiger partial charge in [-0.1, -0.05) is 48.0 Å². The maximum Gasteiger partial charge on any atom is 0.252 e. The number of halogens is 1. The summed E-state index contributed by atoms with van der Waals surface area (Å²) in [5, 5.41) is 6.48. The van der Waals surface area contributed by atoms with Gasteiger partial charge in [-0.2, -0.15) is 0 Å². The Labute approximate surface area is 160 Å². The van der Waals surface area contributed by atoms with Crippen LogP contribution in [0, 0.1) is 0 Å². The van der Waals surface area contributed by atoms with E-state index >= 15 is 0 Å². The molecule has 0 fully saturated rings. The zero-order valence-corrected chi connectivity index (χ0v) is 15.3. The van der Waals surface area contributed by atoms with Crippen LogP contribution >= 0.6 is 22.9 Å². The number of fused-ring (bicyclic) bond motifs is 1. The molecule has 128 valence electrons. The van der Waals surface area contributed by atoms with Crippen molar-refractivity contribution in [3.8, 4) is 11.3 Å². The molecular weight excluding hydrogens is 364 g/mol. The molecule has 2 aromatic carbocycles. The van der Waals surface area contributed by atoms with Gasteiger partial charge in [-0.05, 0) is 35.7 Å². The van der Waals surface area contributed by atoms with Gasteiger partial charge in [0.25, 0.3) is 5.91 Å². The van der Waals surface area contributed by atoms with Crippen LogP contribution in [0.4, 0.5) is 0 Å². The van der Waals surface area contributed by atoms with E-state index < -0.39 is 0 Å². The van der Waals surface area contributed by atoms with Crippen molar-refractivity contribution in [3.05, 3.63) is 87.6 Å². The van der Waals surface area contributed by atoms with Crippen molar-refractivity contribution in [1.82, 2.24) is 10.3 Å². The van der Waals surface area contributed by atoms with Crippen LogP contribution in [-0.2, 0) is 6.54 Å². The second-order valence-corrected chi connectivity index (χ2v) is 7.31. The third-order valence-electron chi connectivity index (χ3n) is 4.08. The lowest BCUT2D eigenvalue weighted by atomic mass is 10.0. The van der Waals surface area contributed by atoms with Crippen LogP contribution < -0.4 is 5.32 Å². The van der Waals surface area contributed by atoms with Crippen LogP contribution in [0.2, 0.25) is 5.02 Å². The van der Waals surface area contributed by atoms with E-state index in [2.05, 4.69) is 5.32 Å². The summed E-state index contributed by atoms with van der Waals surface area (Å²) < 4.78 is 0. The minimum atomic E-state index is -0.111. The van der Waals surface area contributed by atoms with Crippen molar-refractivity contribution in [3.63, 3.8) is 0 Å². The first-order valence-corrected chi connectivity index (χ1v) is 9.43. The molecule has 0 radical (unpaired) electrons. The number of hydrogen-bond donors (Lipinski definition) is 1. The van der Waals surface area contributed by atoms with Crippen molar-refractivity contribution in [1.29, 1.82) is 0 Å². The van der Waals surface area contributed by atoms with Crippen LogP contribution in [0.5, 0.6) is 0 Å². The number of para-hydroxylation sites is 1. The molecule has 5 heteroatoms. The Morgan fingerprint density at radius 3 is 2.73 bits per heavy atom. The van der Waals surface area contributed by atoms with Gasteiger partial charge in [-0.3, -0.25) is 4.79 Å². The molecule has 0 spiro atoms. The number of nitrogens with zero attached hydrogens (tertiary/aromatic N) is 1. The fraction of sp³-hybridized carbons (Fsp3) is 0.0476. The van der Waals surface area contributed by atoms with E-state index in [1.165, 1.54) is 0 Å². The van der Waals surface area contributed by atoms with Gasteiger partial charge >= 0.3 is 0 Å². The molecule has 0 unspecified atom stereocenters. The molecule has 4 aromatic rings. The van der Waals surface area contributed by atoms with Crippen molar-refractivity contribution in [2.75, 3.05) is 0 Å². The maximum atomic E-state index is 12.8. The lowest BCUT2D eigenvalue weighted by molar-refractivity contribution is 0.0953. The number of aromatic nitrogens is 1. The van der Waals surface area contributed by atoms with E-state index in [0.29, 0.717) is 17.1 Å². The molecule has 0 aliphatic heterocycles. The zero-order valence-electron chi connectivity index (χ0n) is 13.8. The molecule has 2 aromatic heterocycles. The van der Waals surface area contributed by atoms with Gasteiger partial charge in [-0.15, -0.1) is 11.3 Å². The number of carbonyl (C=O) groups is 1. The van der Waals surface area contributed by atoms with Crippen LogP contribution in [0.25, 0.3) is 22.2 Å². The number of thiophene rings is 1. The van der Waals surface area contributed by atoms with Gasteiger partial charge in [-0.25, -0.2) is 4.98 Å². The standard InChI is InChI=1S/C21H15ClN2OS/c22-15-6-3-5-14(11-15)20-12-18(17-8-1-2-9-19(17)24-20)21(25)23-13-16-7-4-10-26-16/h1-12H,13H2,(H,23,25). The highest BCUT2D eigenvalue weighted by atomic mass is 35.5. The minimum absolute atomic E-state index is 0.111. The Kier molecular flexibility index (Phi) is 4.69. The Morgan fingerprint density at radius 2 is 1.92 bits per heavy atom. The summed E-state index contributed by atoms with van der Waals surface area (Å²) in [5.41, 5.74) is 3.01. The Bertz CT molecular complexity index is 1080. The monoisotopic (exact) mass is 378 g/mol. The van der Waals surface area contributed by atoms with Gasteiger partial charge in [0.05, 0.1) is 23.3 Å². The van der Waals surface area contributed by atoms with Gasteiger partial charge in [0.2, 0.25) is 0 Å². The van der Waals surface area contributed by atoms with Crippen molar-refractivity contribution in [2.24, 2.45) is 0 Å². The number of pyridine rings is 1. The lowest BCUT2D eigenvalue weighted by Gasteiger charge is -2.10. The minimum Gasteiger partial charge on any atom is -0.347 e. The van der Waals surface area contributed by atoms with Crippen LogP contribution in [0.15, 0.2) is 72.1 Å². The summed E-state index contributed by atoms with van der Waals surface area (Å²) in [4.78, 5) is 18.7. The summed E-state index contributed by atoms with van der Waals surface area (Å²) >= 11 is 7.74. The predicted octanol–water partition coefficient (Wildman–Crippen LogP) is 5.55. The normalized spacial score (nSPS) is 10.8. The first kappa shape index (κ1) is 16.8. The lowest BCUT2D eigenvalue weighted by Crippen LogP contribution is -2.22. The fourth-order valence-corrected chi connectivity index (χ4v) is 3.67. The number of hydrogen-bond acceptors (Lipinski definition) is 3. The second kappa shape index (κ2) is 7.28. The average molecular weight is 379 g/mol. The van der Waals surface area contributed by atoms with E-state index in [1.807, 2.05) is 72.1 Å². The molecule has 1 N–H and O–H groups in total. The largest absolute Gasteiger partial charge is 0.347 e. The molecule has 1 amide bonds. The highest BCUT2D eigenvalue weighted by Crippen LogP contribution is 2.26. The van der Waals surface area contributed by atoms with E-state index in [-0.39, 0.29) is 5.91 Å². The van der Waals surface area contributed by atoms with Crippen molar-refractivity contribution < 1.29 is 4.79 Å². The molecule has 0 aliphatic carbocycles. The molecule has 3 nitrogen and oxygen atoms in total. The number of carbonyl (C=O) groups excluding carboxylic acids is 1. The molecule has 0 aliphatic rings. The zero-order chi connectivity index (χ0) is 17.9. The summed E-state index contributed by atoms with van der Waals surface area (Å²) in [6.07, 6.45) is 0. The van der Waals surface area contributed by atoms with Gasteiger partial charge < -0.3 is 5.32 Å². The Morgan fingerprint density at radius 1 is 1.04 bits per heavy atom. The number of amides is 1. The molecule has 0 bridgehead atoms. The van der Waals surface area contributed by atoms with E-state index in [0.717, 1.165) is 27.0 Å². The molecule has 4 rings (SSSR count). The van der Waals surface area contributed by atoms with E-state index in [4.69, 9.17) is 16.6 Å². The SMILES string of the molecule is O=C(NCc1cccs1)c1cc(-c2cccc(Cl)c2)nc2ccccc12.